The molecular weight excluding hydrogens is 514 g/mol. The molecule has 4 nitrogen and oxygen atoms in total. The highest BCUT2D eigenvalue weighted by Crippen LogP contribution is 2.40. The van der Waals surface area contributed by atoms with E-state index in [2.05, 4.69) is 112 Å². The molecule has 0 amide bonds. The Kier molecular flexibility index (Phi) is 6.73. The molecule has 0 fully saturated rings. The van der Waals surface area contributed by atoms with Crippen LogP contribution in [0.25, 0.3) is 50.5 Å². The van der Waals surface area contributed by atoms with E-state index < -0.39 is 0 Å². The third-order valence-electron chi connectivity index (χ3n) is 7.87. The minimum absolute atomic E-state index is 0.0544. The van der Waals surface area contributed by atoms with Gasteiger partial charge >= 0.3 is 0 Å². The fraction of sp³-hybridized carbons (Fsp3) is 0.211. The molecule has 0 aliphatic heterocycles. The molecule has 0 aliphatic rings. The minimum atomic E-state index is -0.0769. The van der Waals surface area contributed by atoms with Crippen molar-refractivity contribution in [2.24, 2.45) is 0 Å². The molecule has 2 aromatic heterocycles. The van der Waals surface area contributed by atoms with Gasteiger partial charge in [-0.25, -0.2) is 4.98 Å². The second-order valence-corrected chi connectivity index (χ2v) is 13.0. The molecule has 1 N–H and O–H groups in total. The fourth-order valence-corrected chi connectivity index (χ4v) is 5.43. The number of benzene rings is 4. The van der Waals surface area contributed by atoms with Crippen molar-refractivity contribution in [2.45, 2.75) is 52.4 Å². The van der Waals surface area contributed by atoms with E-state index in [-0.39, 0.29) is 16.6 Å². The number of hydrogen-bond acceptors (Lipinski definition) is 3. The number of fused-ring (bicyclic) bond motifs is 1. The van der Waals surface area contributed by atoms with E-state index >= 15 is 0 Å². The van der Waals surface area contributed by atoms with Gasteiger partial charge in [0.2, 0.25) is 0 Å². The number of aromatic hydroxyl groups is 1. The first-order chi connectivity index (χ1) is 20.0. The molecule has 6 rings (SSSR count). The highest BCUT2D eigenvalue weighted by Gasteiger charge is 2.23. The van der Waals surface area contributed by atoms with Crippen LogP contribution in [-0.2, 0) is 10.8 Å². The lowest BCUT2D eigenvalue weighted by atomic mass is 9.83. The van der Waals surface area contributed by atoms with Crippen LogP contribution in [0, 0.1) is 0 Å². The Morgan fingerprint density at radius 3 is 2.02 bits per heavy atom. The van der Waals surface area contributed by atoms with E-state index in [0.717, 1.165) is 44.7 Å². The van der Waals surface area contributed by atoms with Crippen molar-refractivity contribution in [1.82, 2.24) is 14.5 Å². The molecular formula is C38H37N3O. The minimum Gasteiger partial charge on any atom is -0.507 e. The fourth-order valence-electron chi connectivity index (χ4n) is 5.43. The van der Waals surface area contributed by atoms with Crippen LogP contribution in [0.4, 0.5) is 0 Å². The van der Waals surface area contributed by atoms with E-state index in [0.29, 0.717) is 11.4 Å². The summed E-state index contributed by atoms with van der Waals surface area (Å²) >= 11 is 0. The van der Waals surface area contributed by atoms with Crippen LogP contribution < -0.4 is 0 Å². The Morgan fingerprint density at radius 1 is 0.619 bits per heavy atom. The van der Waals surface area contributed by atoms with E-state index in [1.807, 2.05) is 42.6 Å². The number of phenols is 1. The maximum atomic E-state index is 11.2. The number of aromatic nitrogens is 3. The number of nitrogens with zero attached hydrogens (tertiary/aromatic N) is 3. The van der Waals surface area contributed by atoms with E-state index in [9.17, 15) is 5.11 Å². The number of rotatable bonds is 4. The number of imidazole rings is 1. The zero-order valence-electron chi connectivity index (χ0n) is 25.2. The predicted molar refractivity (Wildman–Crippen MR) is 174 cm³/mol. The standard InChI is InChI=1S/C38H37N3O/c1-37(2,3)27-18-19-34(42)31(24-27)36-40-35-30(15-12-17-33(35)41(36)29-13-8-7-9-14-29)25-21-26(32-16-10-11-20-39-32)23-28(22-25)38(4,5)6/h7-24,42H,1-6H3. The van der Waals surface area contributed by atoms with Gasteiger partial charge in [0.15, 0.2) is 0 Å². The molecule has 0 saturated heterocycles. The van der Waals surface area contributed by atoms with Crippen molar-refractivity contribution in [3.05, 3.63) is 120 Å². The van der Waals surface area contributed by atoms with Crippen LogP contribution in [-0.4, -0.2) is 19.6 Å². The van der Waals surface area contributed by atoms with Gasteiger partial charge in [-0.05, 0) is 82.1 Å². The van der Waals surface area contributed by atoms with Crippen molar-refractivity contribution in [3.8, 4) is 45.2 Å². The van der Waals surface area contributed by atoms with Crippen molar-refractivity contribution in [1.29, 1.82) is 0 Å². The number of hydrogen-bond donors (Lipinski definition) is 1. The zero-order chi connectivity index (χ0) is 29.6. The van der Waals surface area contributed by atoms with Gasteiger partial charge in [-0.1, -0.05) is 90.1 Å². The van der Waals surface area contributed by atoms with Crippen molar-refractivity contribution in [3.63, 3.8) is 0 Å². The maximum absolute atomic E-state index is 11.2. The third kappa shape index (κ3) is 5.09. The lowest BCUT2D eigenvalue weighted by molar-refractivity contribution is 0.475. The second-order valence-electron chi connectivity index (χ2n) is 13.0. The van der Waals surface area contributed by atoms with Crippen molar-refractivity contribution >= 4 is 11.0 Å². The summed E-state index contributed by atoms with van der Waals surface area (Å²) in [5, 5.41) is 11.2. The summed E-state index contributed by atoms with van der Waals surface area (Å²) < 4.78 is 2.16. The van der Waals surface area contributed by atoms with Gasteiger partial charge in [0, 0.05) is 23.0 Å². The summed E-state index contributed by atoms with van der Waals surface area (Å²) in [6.45, 7) is 13.3. The Balaban J connectivity index is 1.66. The molecule has 0 saturated carbocycles. The van der Waals surface area contributed by atoms with Crippen LogP contribution in [0.15, 0.2) is 109 Å². The van der Waals surface area contributed by atoms with Gasteiger partial charge in [-0.3, -0.25) is 9.55 Å². The van der Waals surface area contributed by atoms with Gasteiger partial charge in [0.05, 0.1) is 22.3 Å². The molecule has 0 radical (unpaired) electrons. The topological polar surface area (TPSA) is 50.9 Å². The summed E-state index contributed by atoms with van der Waals surface area (Å²) in [6, 6.07) is 35.2. The van der Waals surface area contributed by atoms with Crippen LogP contribution in [0.3, 0.4) is 0 Å². The van der Waals surface area contributed by atoms with Gasteiger partial charge in [0.1, 0.15) is 11.6 Å². The Morgan fingerprint density at radius 2 is 1.33 bits per heavy atom. The van der Waals surface area contributed by atoms with Crippen LogP contribution >= 0.6 is 0 Å². The smallest absolute Gasteiger partial charge is 0.149 e. The van der Waals surface area contributed by atoms with Gasteiger partial charge < -0.3 is 5.11 Å². The SMILES string of the molecule is CC(C)(C)c1cc(-c2ccccn2)cc(-c2cccc3c2nc(-c2cc(C(C)(C)C)ccc2O)n3-c2ccccc2)c1. The lowest BCUT2D eigenvalue weighted by Crippen LogP contribution is -2.11. The zero-order valence-corrected chi connectivity index (χ0v) is 25.2. The van der Waals surface area contributed by atoms with Crippen LogP contribution in [0.1, 0.15) is 52.7 Å². The molecule has 42 heavy (non-hydrogen) atoms. The van der Waals surface area contributed by atoms with Crippen LogP contribution in [0.5, 0.6) is 5.75 Å². The molecule has 0 spiro atoms. The molecule has 0 atom stereocenters. The average molecular weight is 552 g/mol. The largest absolute Gasteiger partial charge is 0.507 e. The molecule has 0 unspecified atom stereocenters. The number of pyridine rings is 1. The molecule has 2 heterocycles. The van der Waals surface area contributed by atoms with Crippen molar-refractivity contribution < 1.29 is 5.11 Å². The maximum Gasteiger partial charge on any atom is 0.149 e. The summed E-state index contributed by atoms with van der Waals surface area (Å²) in [6.07, 6.45) is 1.84. The van der Waals surface area contributed by atoms with E-state index in [4.69, 9.17) is 4.98 Å². The lowest BCUT2D eigenvalue weighted by Gasteiger charge is -2.21. The Hall–Kier alpha value is -4.70. The average Bonchev–Trinajstić information content (AvgIpc) is 3.36. The van der Waals surface area contributed by atoms with Crippen LogP contribution in [0.2, 0.25) is 0 Å². The first-order valence-electron chi connectivity index (χ1n) is 14.5. The molecule has 6 aromatic rings. The van der Waals surface area contributed by atoms with Gasteiger partial charge in [-0.2, -0.15) is 0 Å². The summed E-state index contributed by atoms with van der Waals surface area (Å²) in [5.41, 5.74) is 9.96. The second kappa shape index (κ2) is 10.3. The highest BCUT2D eigenvalue weighted by molar-refractivity contribution is 5.96. The number of phenolic OH excluding ortho intramolecular Hbond substituents is 1. The summed E-state index contributed by atoms with van der Waals surface area (Å²) in [5.74, 6) is 0.924. The third-order valence-corrected chi connectivity index (χ3v) is 7.87. The molecule has 210 valence electrons. The number of para-hydroxylation sites is 2. The first-order valence-corrected chi connectivity index (χ1v) is 14.5. The quantitative estimate of drug-likeness (QED) is 0.237. The normalized spacial score (nSPS) is 12.1. The van der Waals surface area contributed by atoms with E-state index in [1.54, 1.807) is 6.07 Å². The molecule has 0 aliphatic carbocycles. The van der Waals surface area contributed by atoms with E-state index in [1.165, 1.54) is 5.56 Å². The Bertz CT molecular complexity index is 1890. The summed E-state index contributed by atoms with van der Waals surface area (Å²) in [7, 11) is 0. The monoisotopic (exact) mass is 551 g/mol. The van der Waals surface area contributed by atoms with Gasteiger partial charge in [-0.15, -0.1) is 0 Å². The Labute approximate surface area is 248 Å². The van der Waals surface area contributed by atoms with Crippen molar-refractivity contribution in [2.75, 3.05) is 0 Å². The molecule has 0 bridgehead atoms. The molecule has 4 aromatic carbocycles. The predicted octanol–water partition coefficient (Wildman–Crippen LogP) is 9.72. The summed E-state index contributed by atoms with van der Waals surface area (Å²) in [4.78, 5) is 9.96. The molecule has 4 heteroatoms. The first kappa shape index (κ1) is 27.5. The van der Waals surface area contributed by atoms with Gasteiger partial charge in [0.25, 0.3) is 0 Å². The highest BCUT2D eigenvalue weighted by atomic mass is 16.3.